The molecule has 0 amide bonds. The van der Waals surface area contributed by atoms with Gasteiger partial charge in [-0.25, -0.2) is 0 Å². The zero-order chi connectivity index (χ0) is 10.2. The first-order chi connectivity index (χ1) is 6.84. The van der Waals surface area contributed by atoms with E-state index in [2.05, 4.69) is 6.58 Å². The first kappa shape index (κ1) is 11.1. The van der Waals surface area contributed by atoms with Crippen LogP contribution in [0.15, 0.2) is 30.2 Å². The van der Waals surface area contributed by atoms with E-state index in [9.17, 15) is 4.79 Å². The number of carbonyl (C=O) groups excluding carboxylic acids is 1. The van der Waals surface area contributed by atoms with Crippen molar-refractivity contribution in [3.05, 3.63) is 35.0 Å². The highest BCUT2D eigenvalue weighted by atomic mass is 32.1. The summed E-state index contributed by atoms with van der Waals surface area (Å²) in [6.45, 7) is 4.43. The summed E-state index contributed by atoms with van der Waals surface area (Å²) in [5.74, 6) is 0.0682. The van der Waals surface area contributed by atoms with E-state index in [4.69, 9.17) is 4.74 Å². The number of carbonyl (C=O) groups is 1. The molecule has 1 rings (SSSR count). The smallest absolute Gasteiger partial charge is 0.198 e. The largest absolute Gasteiger partial charge is 0.373 e. The molecule has 0 aliphatic rings. The number of ketones is 1. The van der Waals surface area contributed by atoms with Crippen LogP contribution in [0.4, 0.5) is 0 Å². The molecule has 2 nitrogen and oxygen atoms in total. The molecule has 0 radical (unpaired) electrons. The Morgan fingerprint density at radius 2 is 2.50 bits per heavy atom. The van der Waals surface area contributed by atoms with Crippen molar-refractivity contribution >= 4 is 17.1 Å². The van der Waals surface area contributed by atoms with E-state index in [-0.39, 0.29) is 12.4 Å². The van der Waals surface area contributed by atoms with E-state index in [1.807, 2.05) is 23.6 Å². The second-order valence-corrected chi connectivity index (χ2v) is 3.83. The monoisotopic (exact) mass is 210 g/mol. The lowest BCUT2D eigenvalue weighted by atomic mass is 10.3. The second-order valence-electron chi connectivity index (χ2n) is 2.88. The molecule has 0 aromatic carbocycles. The average molecular weight is 210 g/mol. The molecule has 0 saturated heterocycles. The third-order valence-corrected chi connectivity index (χ3v) is 2.64. The maximum absolute atomic E-state index is 11.4. The van der Waals surface area contributed by atoms with Gasteiger partial charge in [0, 0.05) is 6.61 Å². The lowest BCUT2D eigenvalue weighted by molar-refractivity contribution is 0.0761. The molecule has 0 unspecified atom stereocenters. The Morgan fingerprint density at radius 1 is 1.64 bits per heavy atom. The highest BCUT2D eigenvalue weighted by molar-refractivity contribution is 7.12. The first-order valence-corrected chi connectivity index (χ1v) is 5.48. The Hall–Kier alpha value is -0.930. The number of allylic oxidation sites excluding steroid dienone is 1. The summed E-state index contributed by atoms with van der Waals surface area (Å²) in [6.07, 6.45) is 3.72. The molecule has 14 heavy (non-hydrogen) atoms. The van der Waals surface area contributed by atoms with Crippen molar-refractivity contribution in [1.82, 2.24) is 0 Å². The van der Waals surface area contributed by atoms with E-state index >= 15 is 0 Å². The van der Waals surface area contributed by atoms with Gasteiger partial charge in [-0.15, -0.1) is 17.9 Å². The van der Waals surface area contributed by atoms with Crippen LogP contribution in [0.5, 0.6) is 0 Å². The Labute approximate surface area is 88.2 Å². The molecule has 1 aromatic rings. The fourth-order valence-corrected chi connectivity index (χ4v) is 1.65. The molecular weight excluding hydrogens is 196 g/mol. The molecular formula is C11H14O2S. The third kappa shape index (κ3) is 3.85. The van der Waals surface area contributed by atoms with E-state index < -0.39 is 0 Å². The molecule has 76 valence electrons. The molecule has 0 fully saturated rings. The Morgan fingerprint density at radius 3 is 3.14 bits per heavy atom. The van der Waals surface area contributed by atoms with Crippen LogP contribution in [0.3, 0.4) is 0 Å². The minimum absolute atomic E-state index is 0.0682. The van der Waals surface area contributed by atoms with Crippen LogP contribution in [0.25, 0.3) is 0 Å². The lowest BCUT2D eigenvalue weighted by Crippen LogP contribution is -2.08. The van der Waals surface area contributed by atoms with Crippen LogP contribution in [-0.2, 0) is 4.74 Å². The average Bonchev–Trinajstić information content (AvgIpc) is 2.70. The molecule has 0 saturated carbocycles. The van der Waals surface area contributed by atoms with Crippen molar-refractivity contribution in [2.24, 2.45) is 0 Å². The summed E-state index contributed by atoms with van der Waals surface area (Å²) in [4.78, 5) is 12.2. The normalized spacial score (nSPS) is 10.0. The quantitative estimate of drug-likeness (QED) is 0.393. The van der Waals surface area contributed by atoms with Gasteiger partial charge in [0.2, 0.25) is 0 Å². The number of thiophene rings is 1. The van der Waals surface area contributed by atoms with Gasteiger partial charge in [-0.3, -0.25) is 4.79 Å². The Balaban J connectivity index is 2.13. The Kier molecular flexibility index (Phi) is 5.19. The lowest BCUT2D eigenvalue weighted by Gasteiger charge is -2.00. The standard InChI is InChI=1S/C11H14O2S/c1-2-3-4-7-13-9-10(12)11-6-5-8-14-11/h2,5-6,8H,1,3-4,7,9H2. The van der Waals surface area contributed by atoms with Crippen molar-refractivity contribution in [2.75, 3.05) is 13.2 Å². The summed E-state index contributed by atoms with van der Waals surface area (Å²) in [7, 11) is 0. The number of unbranched alkanes of at least 4 members (excludes halogenated alkanes) is 1. The molecule has 0 spiro atoms. The zero-order valence-electron chi connectivity index (χ0n) is 8.07. The fourth-order valence-electron chi connectivity index (χ4n) is 1.00. The highest BCUT2D eigenvalue weighted by Crippen LogP contribution is 2.09. The van der Waals surface area contributed by atoms with Crippen molar-refractivity contribution in [3.63, 3.8) is 0 Å². The van der Waals surface area contributed by atoms with Crippen LogP contribution in [0.2, 0.25) is 0 Å². The molecule has 0 N–H and O–H groups in total. The highest BCUT2D eigenvalue weighted by Gasteiger charge is 2.05. The van der Waals surface area contributed by atoms with E-state index in [0.717, 1.165) is 17.7 Å². The molecule has 1 heterocycles. The van der Waals surface area contributed by atoms with Crippen molar-refractivity contribution < 1.29 is 9.53 Å². The van der Waals surface area contributed by atoms with Crippen LogP contribution >= 0.6 is 11.3 Å². The summed E-state index contributed by atoms with van der Waals surface area (Å²) in [6, 6.07) is 3.69. The van der Waals surface area contributed by atoms with Gasteiger partial charge < -0.3 is 4.74 Å². The first-order valence-electron chi connectivity index (χ1n) is 4.60. The topological polar surface area (TPSA) is 26.3 Å². The van der Waals surface area contributed by atoms with Crippen molar-refractivity contribution in [3.8, 4) is 0 Å². The molecule has 0 aliphatic carbocycles. The van der Waals surface area contributed by atoms with E-state index in [1.54, 1.807) is 0 Å². The summed E-state index contributed by atoms with van der Waals surface area (Å²) < 4.78 is 5.23. The van der Waals surface area contributed by atoms with Gasteiger partial charge in [-0.05, 0) is 24.3 Å². The molecule has 3 heteroatoms. The van der Waals surface area contributed by atoms with Crippen molar-refractivity contribution in [2.45, 2.75) is 12.8 Å². The number of hydrogen-bond acceptors (Lipinski definition) is 3. The number of rotatable bonds is 7. The van der Waals surface area contributed by atoms with Crippen LogP contribution in [-0.4, -0.2) is 19.0 Å². The molecule has 0 aliphatic heterocycles. The second kappa shape index (κ2) is 6.51. The predicted octanol–water partition coefficient (Wildman–Crippen LogP) is 2.91. The van der Waals surface area contributed by atoms with E-state index in [0.29, 0.717) is 6.61 Å². The van der Waals surface area contributed by atoms with Crippen LogP contribution in [0.1, 0.15) is 22.5 Å². The maximum atomic E-state index is 11.4. The van der Waals surface area contributed by atoms with Crippen molar-refractivity contribution in [1.29, 1.82) is 0 Å². The van der Waals surface area contributed by atoms with Gasteiger partial charge in [0.15, 0.2) is 5.78 Å². The molecule has 0 atom stereocenters. The molecule has 0 bridgehead atoms. The minimum Gasteiger partial charge on any atom is -0.373 e. The van der Waals surface area contributed by atoms with Gasteiger partial charge >= 0.3 is 0 Å². The summed E-state index contributed by atoms with van der Waals surface area (Å²) >= 11 is 1.45. The minimum atomic E-state index is 0.0682. The van der Waals surface area contributed by atoms with Gasteiger partial charge in [0.1, 0.15) is 6.61 Å². The maximum Gasteiger partial charge on any atom is 0.198 e. The Bertz CT molecular complexity index is 277. The number of hydrogen-bond donors (Lipinski definition) is 0. The SMILES string of the molecule is C=CCCCOCC(=O)c1cccs1. The van der Waals surface area contributed by atoms with Crippen LogP contribution in [0, 0.1) is 0 Å². The van der Waals surface area contributed by atoms with E-state index in [1.165, 1.54) is 11.3 Å². The van der Waals surface area contributed by atoms with Crippen LogP contribution < -0.4 is 0 Å². The van der Waals surface area contributed by atoms with Gasteiger partial charge in [-0.1, -0.05) is 12.1 Å². The number of Topliss-reactive ketones (excluding diaryl/α,β-unsaturated/α-hetero) is 1. The molecule has 1 aromatic heterocycles. The van der Waals surface area contributed by atoms with Gasteiger partial charge in [-0.2, -0.15) is 0 Å². The zero-order valence-corrected chi connectivity index (χ0v) is 8.89. The predicted molar refractivity (Wildman–Crippen MR) is 58.9 cm³/mol. The fraction of sp³-hybridized carbons (Fsp3) is 0.364. The third-order valence-electron chi connectivity index (χ3n) is 1.73. The summed E-state index contributed by atoms with van der Waals surface area (Å²) in [5.41, 5.74) is 0. The van der Waals surface area contributed by atoms with Gasteiger partial charge in [0.05, 0.1) is 4.88 Å². The van der Waals surface area contributed by atoms with Gasteiger partial charge in [0.25, 0.3) is 0 Å². The summed E-state index contributed by atoms with van der Waals surface area (Å²) in [5, 5.41) is 1.89. The number of ether oxygens (including phenoxy) is 1.